The highest BCUT2D eigenvalue weighted by atomic mass is 32.2. The van der Waals surface area contributed by atoms with Crippen molar-refractivity contribution in [1.29, 1.82) is 0 Å². The van der Waals surface area contributed by atoms with Crippen molar-refractivity contribution in [2.24, 2.45) is 4.99 Å². The van der Waals surface area contributed by atoms with Gasteiger partial charge in [0.2, 0.25) is 0 Å². The average Bonchev–Trinajstić information content (AvgIpc) is 3.12. The van der Waals surface area contributed by atoms with E-state index in [0.717, 1.165) is 28.3 Å². The zero-order valence-electron chi connectivity index (χ0n) is 17.3. The van der Waals surface area contributed by atoms with Crippen LogP contribution in [0, 0.1) is 6.92 Å². The lowest BCUT2D eigenvalue weighted by atomic mass is 10.1. The van der Waals surface area contributed by atoms with Crippen molar-refractivity contribution in [3.05, 3.63) is 94.4 Å². The molecule has 0 spiro atoms. The minimum Gasteiger partial charge on any atom is -0.497 e. The fourth-order valence-electron chi connectivity index (χ4n) is 2.95. The summed E-state index contributed by atoms with van der Waals surface area (Å²) >= 11 is 1.31. The molecule has 0 aliphatic carbocycles. The van der Waals surface area contributed by atoms with Crippen molar-refractivity contribution in [2.75, 3.05) is 7.11 Å². The van der Waals surface area contributed by atoms with Crippen LogP contribution in [-0.4, -0.2) is 18.2 Å². The molecule has 1 aliphatic heterocycles. The molecule has 3 aromatic carbocycles. The van der Waals surface area contributed by atoms with Gasteiger partial charge in [-0.3, -0.25) is 4.79 Å². The number of rotatable bonds is 6. The van der Waals surface area contributed by atoms with E-state index in [-0.39, 0.29) is 5.91 Å². The number of ether oxygens (including phenoxy) is 2. The van der Waals surface area contributed by atoms with E-state index in [1.165, 1.54) is 17.3 Å². The molecule has 1 heterocycles. The van der Waals surface area contributed by atoms with Crippen LogP contribution in [0.15, 0.2) is 82.7 Å². The van der Waals surface area contributed by atoms with Gasteiger partial charge in [-0.15, -0.1) is 0 Å². The Morgan fingerprint density at radius 2 is 1.77 bits per heavy atom. The number of aryl methyl sites for hydroxylation is 1. The van der Waals surface area contributed by atoms with Crippen LogP contribution in [0.25, 0.3) is 6.08 Å². The molecular weight excluding hydrogens is 408 g/mol. The van der Waals surface area contributed by atoms with E-state index in [9.17, 15) is 4.79 Å². The van der Waals surface area contributed by atoms with Crippen LogP contribution in [0.4, 0.5) is 5.69 Å². The van der Waals surface area contributed by atoms with Crippen molar-refractivity contribution in [2.45, 2.75) is 13.5 Å². The summed E-state index contributed by atoms with van der Waals surface area (Å²) in [4.78, 5) is 17.4. The Balaban J connectivity index is 1.44. The summed E-state index contributed by atoms with van der Waals surface area (Å²) in [6.07, 6.45) is 1.84. The topological polar surface area (TPSA) is 59.9 Å². The maximum absolute atomic E-state index is 12.4. The van der Waals surface area contributed by atoms with Gasteiger partial charge in [-0.05, 0) is 72.3 Å². The molecule has 4 rings (SSSR count). The normalized spacial score (nSPS) is 15.9. The lowest BCUT2D eigenvalue weighted by Crippen LogP contribution is -2.19. The number of carbonyl (C=O) groups is 1. The van der Waals surface area contributed by atoms with Gasteiger partial charge in [0.05, 0.1) is 17.7 Å². The molecule has 0 bridgehead atoms. The minimum atomic E-state index is -0.164. The summed E-state index contributed by atoms with van der Waals surface area (Å²) in [5.74, 6) is 1.35. The molecule has 1 aliphatic rings. The SMILES string of the molecule is COc1ccc(N=C2NC(=O)/C(=C/c3cccc(OCc4ccc(C)cc4)c3)S2)cc1. The number of benzene rings is 3. The highest BCUT2D eigenvalue weighted by Crippen LogP contribution is 2.29. The molecule has 0 aromatic heterocycles. The fourth-order valence-corrected chi connectivity index (χ4v) is 3.79. The molecule has 1 amide bonds. The lowest BCUT2D eigenvalue weighted by molar-refractivity contribution is -0.115. The molecule has 6 heteroatoms. The number of methoxy groups -OCH3 is 1. The molecule has 1 fully saturated rings. The maximum atomic E-state index is 12.4. The lowest BCUT2D eigenvalue weighted by Gasteiger charge is -2.07. The summed E-state index contributed by atoms with van der Waals surface area (Å²) in [6, 6.07) is 23.3. The van der Waals surface area contributed by atoms with E-state index in [0.29, 0.717) is 16.7 Å². The summed E-state index contributed by atoms with van der Waals surface area (Å²) in [5, 5.41) is 3.36. The fraction of sp³-hybridized carbons (Fsp3) is 0.120. The second kappa shape index (κ2) is 9.53. The van der Waals surface area contributed by atoms with Gasteiger partial charge in [0, 0.05) is 0 Å². The van der Waals surface area contributed by atoms with Gasteiger partial charge in [-0.1, -0.05) is 42.0 Å². The van der Waals surface area contributed by atoms with Gasteiger partial charge in [-0.2, -0.15) is 0 Å². The average molecular weight is 431 g/mol. The molecule has 5 nitrogen and oxygen atoms in total. The van der Waals surface area contributed by atoms with E-state index < -0.39 is 0 Å². The zero-order valence-corrected chi connectivity index (χ0v) is 18.1. The second-order valence-corrected chi connectivity index (χ2v) is 8.06. The molecule has 0 saturated carbocycles. The molecule has 0 atom stereocenters. The second-order valence-electron chi connectivity index (χ2n) is 7.03. The Morgan fingerprint density at radius 1 is 1.00 bits per heavy atom. The monoisotopic (exact) mass is 430 g/mol. The third kappa shape index (κ3) is 5.55. The van der Waals surface area contributed by atoms with Gasteiger partial charge in [0.25, 0.3) is 5.91 Å². The third-order valence-corrected chi connectivity index (χ3v) is 5.55. The number of aliphatic imine (C=N–C) groups is 1. The first-order chi connectivity index (χ1) is 15.1. The number of hydrogen-bond acceptors (Lipinski definition) is 5. The molecule has 0 unspecified atom stereocenters. The molecule has 3 aromatic rings. The Morgan fingerprint density at radius 3 is 2.52 bits per heavy atom. The number of nitrogens with one attached hydrogen (secondary N) is 1. The maximum Gasteiger partial charge on any atom is 0.264 e. The van der Waals surface area contributed by atoms with Gasteiger partial charge >= 0.3 is 0 Å². The molecular formula is C25H22N2O3S. The van der Waals surface area contributed by atoms with Crippen LogP contribution in [0.3, 0.4) is 0 Å². The van der Waals surface area contributed by atoms with E-state index >= 15 is 0 Å². The smallest absolute Gasteiger partial charge is 0.264 e. The summed E-state index contributed by atoms with van der Waals surface area (Å²) < 4.78 is 11.1. The minimum absolute atomic E-state index is 0.164. The van der Waals surface area contributed by atoms with Crippen LogP contribution >= 0.6 is 11.8 Å². The zero-order chi connectivity index (χ0) is 21.6. The van der Waals surface area contributed by atoms with Crippen molar-refractivity contribution >= 4 is 34.6 Å². The Kier molecular flexibility index (Phi) is 6.38. The van der Waals surface area contributed by atoms with Gasteiger partial charge < -0.3 is 14.8 Å². The van der Waals surface area contributed by atoms with Crippen molar-refractivity contribution in [3.8, 4) is 11.5 Å². The van der Waals surface area contributed by atoms with Crippen LogP contribution in [0.5, 0.6) is 11.5 Å². The number of thioether (sulfide) groups is 1. The van der Waals surface area contributed by atoms with E-state index in [2.05, 4.69) is 41.5 Å². The predicted octanol–water partition coefficient (Wildman–Crippen LogP) is 5.47. The highest BCUT2D eigenvalue weighted by Gasteiger charge is 2.23. The van der Waals surface area contributed by atoms with Crippen molar-refractivity contribution in [3.63, 3.8) is 0 Å². The van der Waals surface area contributed by atoms with Gasteiger partial charge in [-0.25, -0.2) is 4.99 Å². The molecule has 31 heavy (non-hydrogen) atoms. The van der Waals surface area contributed by atoms with Gasteiger partial charge in [0.1, 0.15) is 18.1 Å². The molecule has 0 radical (unpaired) electrons. The molecule has 156 valence electrons. The summed E-state index contributed by atoms with van der Waals surface area (Å²) in [5.41, 5.74) is 3.97. The van der Waals surface area contributed by atoms with E-state index in [1.807, 2.05) is 54.6 Å². The third-order valence-electron chi connectivity index (χ3n) is 4.64. The van der Waals surface area contributed by atoms with Crippen LogP contribution < -0.4 is 14.8 Å². The number of amides is 1. The Labute approximate surface area is 185 Å². The van der Waals surface area contributed by atoms with Crippen LogP contribution in [0.2, 0.25) is 0 Å². The summed E-state index contributed by atoms with van der Waals surface area (Å²) in [7, 11) is 1.62. The number of nitrogens with zero attached hydrogens (tertiary/aromatic N) is 1. The Hall–Kier alpha value is -3.51. The highest BCUT2D eigenvalue weighted by molar-refractivity contribution is 8.18. The predicted molar refractivity (Wildman–Crippen MR) is 126 cm³/mol. The van der Waals surface area contributed by atoms with Crippen molar-refractivity contribution < 1.29 is 14.3 Å². The number of carbonyl (C=O) groups excluding carboxylic acids is 1. The number of hydrogen-bond donors (Lipinski definition) is 1. The quantitative estimate of drug-likeness (QED) is 0.527. The van der Waals surface area contributed by atoms with E-state index in [1.54, 1.807) is 7.11 Å². The van der Waals surface area contributed by atoms with E-state index in [4.69, 9.17) is 9.47 Å². The Bertz CT molecular complexity index is 1140. The molecule has 1 saturated heterocycles. The number of amidine groups is 1. The van der Waals surface area contributed by atoms with Gasteiger partial charge in [0.15, 0.2) is 5.17 Å². The first-order valence-corrected chi connectivity index (χ1v) is 10.6. The first-order valence-electron chi connectivity index (χ1n) is 9.81. The van der Waals surface area contributed by atoms with Crippen molar-refractivity contribution in [1.82, 2.24) is 5.32 Å². The van der Waals surface area contributed by atoms with Crippen LogP contribution in [-0.2, 0) is 11.4 Å². The molecule has 1 N–H and O–H groups in total. The summed E-state index contributed by atoms with van der Waals surface area (Å²) in [6.45, 7) is 2.56. The largest absolute Gasteiger partial charge is 0.497 e. The standard InChI is InChI=1S/C25H22N2O3S/c1-17-6-8-18(9-7-17)16-30-22-5-3-4-19(14-22)15-23-24(28)27-25(31-23)26-20-10-12-21(29-2)13-11-20/h3-15H,16H2,1-2H3,(H,26,27,28)/b23-15-. The van der Waals surface area contributed by atoms with Crippen LogP contribution in [0.1, 0.15) is 16.7 Å². The first kappa shape index (κ1) is 20.8.